The summed E-state index contributed by atoms with van der Waals surface area (Å²) in [5, 5.41) is 11.3. The Balaban J connectivity index is 1.20. The highest BCUT2D eigenvalue weighted by Gasteiger charge is 2.24. The number of para-hydroxylation sites is 4. The molecule has 0 saturated carbocycles. The molecular weight excluding hydrogens is 649 g/mol. The van der Waals surface area contributed by atoms with Crippen molar-refractivity contribution >= 4 is 87.4 Å². The minimum Gasteiger partial charge on any atom is -0.456 e. The van der Waals surface area contributed by atoms with Gasteiger partial charge in [0.05, 0.1) is 0 Å². The van der Waals surface area contributed by atoms with E-state index in [1.54, 1.807) is 0 Å². The second kappa shape index (κ2) is 10.7. The van der Waals surface area contributed by atoms with Crippen LogP contribution in [0.4, 0.5) is 0 Å². The van der Waals surface area contributed by atoms with Crippen molar-refractivity contribution in [2.45, 2.75) is 0 Å². The summed E-state index contributed by atoms with van der Waals surface area (Å²) in [6, 6.07) is 60.0. The fourth-order valence-electron chi connectivity index (χ4n) is 8.90. The molecule has 3 nitrogen and oxygen atoms in total. The summed E-state index contributed by atoms with van der Waals surface area (Å²) < 4.78 is 19.9. The van der Waals surface area contributed by atoms with Gasteiger partial charge in [-0.25, -0.2) is 0 Å². The Kier molecular flexibility index (Phi) is 5.77. The monoisotopic (exact) mass is 676 g/mol. The van der Waals surface area contributed by atoms with Gasteiger partial charge in [-0.05, 0) is 68.6 Å². The van der Waals surface area contributed by atoms with Crippen LogP contribution in [0, 0.1) is 0 Å². The summed E-state index contributed by atoms with van der Waals surface area (Å²) in [6.45, 7) is 0. The molecule has 246 valence electrons. The van der Waals surface area contributed by atoms with Crippen LogP contribution in [0.1, 0.15) is 0 Å². The molecule has 3 heterocycles. The molecule has 0 aliphatic rings. The number of furan rings is 3. The van der Waals surface area contributed by atoms with Gasteiger partial charge in [-0.2, -0.15) is 0 Å². The van der Waals surface area contributed by atoms with Crippen molar-refractivity contribution in [3.8, 4) is 33.4 Å². The van der Waals surface area contributed by atoms with Crippen molar-refractivity contribution in [1.29, 1.82) is 0 Å². The molecular formula is C50H28O3. The average Bonchev–Trinajstić information content (AvgIpc) is 3.92. The summed E-state index contributed by atoms with van der Waals surface area (Å²) in [4.78, 5) is 0. The fraction of sp³-hybridized carbons (Fsp3) is 0. The van der Waals surface area contributed by atoms with E-state index in [2.05, 4.69) is 146 Å². The van der Waals surface area contributed by atoms with Crippen LogP contribution in [0.2, 0.25) is 0 Å². The van der Waals surface area contributed by atoms with Crippen LogP contribution in [0.3, 0.4) is 0 Å². The SMILES string of the molecule is c1ccc2c(c1)oc1c(-c3ccc(-c4c5ccccc5c(-c5cccc6oc7ccccc7c56)c5ccccc45)c4oc5ccccc5c34)cccc12. The van der Waals surface area contributed by atoms with Gasteiger partial charge in [0.25, 0.3) is 0 Å². The molecule has 0 unspecified atom stereocenters. The van der Waals surface area contributed by atoms with E-state index in [1.165, 1.54) is 27.1 Å². The number of hydrogen-bond acceptors (Lipinski definition) is 3. The molecule has 12 aromatic rings. The third-order valence-corrected chi connectivity index (χ3v) is 11.1. The van der Waals surface area contributed by atoms with E-state index in [-0.39, 0.29) is 0 Å². The molecule has 0 saturated heterocycles. The molecule has 0 fully saturated rings. The number of rotatable bonds is 3. The predicted octanol–water partition coefficient (Wildman–Crippen LogP) is 14.7. The van der Waals surface area contributed by atoms with Gasteiger partial charge in [0.1, 0.15) is 33.5 Å². The molecule has 0 radical (unpaired) electrons. The lowest BCUT2D eigenvalue weighted by atomic mass is 9.84. The highest BCUT2D eigenvalue weighted by Crippen LogP contribution is 2.50. The lowest BCUT2D eigenvalue weighted by Crippen LogP contribution is -1.92. The number of benzene rings is 9. The van der Waals surface area contributed by atoms with Gasteiger partial charge >= 0.3 is 0 Å². The molecule has 0 spiro atoms. The summed E-state index contributed by atoms with van der Waals surface area (Å²) in [6.07, 6.45) is 0. The zero-order chi connectivity index (χ0) is 34.6. The molecule has 53 heavy (non-hydrogen) atoms. The minimum atomic E-state index is 0.858. The fourth-order valence-corrected chi connectivity index (χ4v) is 8.90. The highest BCUT2D eigenvalue weighted by molar-refractivity contribution is 6.28. The van der Waals surface area contributed by atoms with Crippen LogP contribution >= 0.6 is 0 Å². The molecule has 0 bridgehead atoms. The maximum absolute atomic E-state index is 6.94. The van der Waals surface area contributed by atoms with E-state index in [1.807, 2.05) is 24.3 Å². The van der Waals surface area contributed by atoms with Crippen LogP contribution in [-0.2, 0) is 0 Å². The summed E-state index contributed by atoms with van der Waals surface area (Å²) >= 11 is 0. The van der Waals surface area contributed by atoms with Gasteiger partial charge in [0, 0.05) is 49.0 Å². The molecule has 9 aromatic carbocycles. The van der Waals surface area contributed by atoms with E-state index in [4.69, 9.17) is 13.3 Å². The second-order valence-corrected chi connectivity index (χ2v) is 13.9. The van der Waals surface area contributed by atoms with Crippen LogP contribution in [0.5, 0.6) is 0 Å². The maximum Gasteiger partial charge on any atom is 0.143 e. The van der Waals surface area contributed by atoms with Crippen molar-refractivity contribution in [1.82, 2.24) is 0 Å². The predicted molar refractivity (Wildman–Crippen MR) is 220 cm³/mol. The third-order valence-electron chi connectivity index (χ3n) is 11.1. The first-order chi connectivity index (χ1) is 26.3. The first-order valence-electron chi connectivity index (χ1n) is 18.0. The number of hydrogen-bond donors (Lipinski definition) is 0. The largest absolute Gasteiger partial charge is 0.456 e. The Morgan fingerprint density at radius 3 is 1.34 bits per heavy atom. The molecule has 0 aliphatic heterocycles. The first kappa shape index (κ1) is 28.6. The smallest absolute Gasteiger partial charge is 0.143 e. The van der Waals surface area contributed by atoms with E-state index in [0.717, 1.165) is 93.6 Å². The normalized spacial score (nSPS) is 12.2. The molecule has 0 amide bonds. The van der Waals surface area contributed by atoms with Crippen molar-refractivity contribution < 1.29 is 13.3 Å². The second-order valence-electron chi connectivity index (χ2n) is 13.9. The average molecular weight is 677 g/mol. The van der Waals surface area contributed by atoms with Gasteiger partial charge in [-0.15, -0.1) is 0 Å². The van der Waals surface area contributed by atoms with Gasteiger partial charge in [-0.1, -0.05) is 140 Å². The third kappa shape index (κ3) is 3.94. The van der Waals surface area contributed by atoms with E-state index in [0.29, 0.717) is 0 Å². The van der Waals surface area contributed by atoms with Crippen LogP contribution in [-0.4, -0.2) is 0 Å². The van der Waals surface area contributed by atoms with Gasteiger partial charge < -0.3 is 13.3 Å². The van der Waals surface area contributed by atoms with Crippen LogP contribution < -0.4 is 0 Å². The van der Waals surface area contributed by atoms with E-state index < -0.39 is 0 Å². The van der Waals surface area contributed by atoms with E-state index in [9.17, 15) is 0 Å². The van der Waals surface area contributed by atoms with E-state index >= 15 is 0 Å². The van der Waals surface area contributed by atoms with Gasteiger partial charge in [0.2, 0.25) is 0 Å². The lowest BCUT2D eigenvalue weighted by molar-refractivity contribution is 0.668. The Morgan fingerprint density at radius 2 is 0.660 bits per heavy atom. The summed E-state index contributed by atoms with van der Waals surface area (Å²) in [5.74, 6) is 0. The Bertz CT molecular complexity index is 3410. The molecule has 12 rings (SSSR count). The van der Waals surface area contributed by atoms with Crippen molar-refractivity contribution in [3.05, 3.63) is 170 Å². The Morgan fingerprint density at radius 1 is 0.226 bits per heavy atom. The van der Waals surface area contributed by atoms with Crippen LogP contribution in [0.15, 0.2) is 183 Å². The summed E-state index contributed by atoms with van der Waals surface area (Å²) in [7, 11) is 0. The van der Waals surface area contributed by atoms with Gasteiger partial charge in [0.15, 0.2) is 0 Å². The summed E-state index contributed by atoms with van der Waals surface area (Å²) in [5.41, 5.74) is 12.0. The maximum atomic E-state index is 6.94. The topological polar surface area (TPSA) is 39.4 Å². The lowest BCUT2D eigenvalue weighted by Gasteiger charge is -2.19. The first-order valence-corrected chi connectivity index (χ1v) is 18.0. The van der Waals surface area contributed by atoms with Gasteiger partial charge in [-0.3, -0.25) is 0 Å². The molecule has 3 heteroatoms. The van der Waals surface area contributed by atoms with Crippen molar-refractivity contribution in [3.63, 3.8) is 0 Å². The standard InChI is InChI=1S/C50H28O3/c1-3-16-32-30(14-1)45(39-22-12-26-44-47(39)37-18-6-9-24-42(37)51-44)31-15-2-4-17-33(31)46(32)40-28-27-34(48-38-19-7-10-25-43(38)53-50(40)48)36-21-11-20-35-29-13-5-8-23-41(29)52-49(35)36/h1-28H. The highest BCUT2D eigenvalue weighted by atomic mass is 16.3. The molecule has 3 aromatic heterocycles. The minimum absolute atomic E-state index is 0.858. The quantitative estimate of drug-likeness (QED) is 0.175. The van der Waals surface area contributed by atoms with Crippen molar-refractivity contribution in [2.75, 3.05) is 0 Å². The molecule has 0 N–H and O–H groups in total. The van der Waals surface area contributed by atoms with Crippen molar-refractivity contribution in [2.24, 2.45) is 0 Å². The zero-order valence-electron chi connectivity index (χ0n) is 28.4. The Hall–Kier alpha value is -7.10. The zero-order valence-corrected chi connectivity index (χ0v) is 28.4. The number of fused-ring (bicyclic) bond motifs is 11. The Labute approximate surface area is 302 Å². The molecule has 0 aliphatic carbocycles. The van der Waals surface area contributed by atoms with Crippen LogP contribution in [0.25, 0.3) is 121 Å². The molecule has 0 atom stereocenters.